The molecular formula is C18H30N2O. The predicted molar refractivity (Wildman–Crippen MR) is 88.7 cm³/mol. The SMILES string of the molecule is CCNCc1cccc(OCCN2CCC(C)C(C)C2)c1. The van der Waals surface area contributed by atoms with Gasteiger partial charge in [-0.3, -0.25) is 4.90 Å². The summed E-state index contributed by atoms with van der Waals surface area (Å²) in [5.41, 5.74) is 1.29. The fraction of sp³-hybridized carbons (Fsp3) is 0.667. The molecule has 2 unspecified atom stereocenters. The van der Waals surface area contributed by atoms with Crippen LogP contribution in [0.1, 0.15) is 32.8 Å². The third kappa shape index (κ3) is 5.33. The second kappa shape index (κ2) is 8.40. The summed E-state index contributed by atoms with van der Waals surface area (Å²) in [6, 6.07) is 8.41. The molecule has 1 aromatic carbocycles. The van der Waals surface area contributed by atoms with Crippen LogP contribution >= 0.6 is 0 Å². The maximum atomic E-state index is 5.92. The molecule has 0 bridgehead atoms. The molecule has 1 heterocycles. The van der Waals surface area contributed by atoms with Gasteiger partial charge in [0.15, 0.2) is 0 Å². The van der Waals surface area contributed by atoms with Crippen molar-refractivity contribution < 1.29 is 4.74 Å². The summed E-state index contributed by atoms with van der Waals surface area (Å²) >= 11 is 0. The van der Waals surface area contributed by atoms with Crippen LogP contribution in [-0.2, 0) is 6.54 Å². The zero-order valence-corrected chi connectivity index (χ0v) is 13.8. The lowest BCUT2D eigenvalue weighted by atomic mass is 9.89. The van der Waals surface area contributed by atoms with E-state index >= 15 is 0 Å². The van der Waals surface area contributed by atoms with Gasteiger partial charge in [0.25, 0.3) is 0 Å². The van der Waals surface area contributed by atoms with Crippen LogP contribution in [0.2, 0.25) is 0 Å². The van der Waals surface area contributed by atoms with Gasteiger partial charge in [-0.05, 0) is 49.0 Å². The van der Waals surface area contributed by atoms with Crippen LogP contribution in [0.4, 0.5) is 0 Å². The van der Waals surface area contributed by atoms with Crippen molar-refractivity contribution in [1.82, 2.24) is 10.2 Å². The van der Waals surface area contributed by atoms with Crippen molar-refractivity contribution in [3.8, 4) is 5.75 Å². The first-order chi connectivity index (χ1) is 10.2. The molecule has 1 aliphatic rings. The molecule has 0 saturated carbocycles. The Hall–Kier alpha value is -1.06. The second-order valence-corrected chi connectivity index (χ2v) is 6.32. The van der Waals surface area contributed by atoms with Crippen LogP contribution in [0.3, 0.4) is 0 Å². The van der Waals surface area contributed by atoms with Gasteiger partial charge in [-0.1, -0.05) is 32.9 Å². The minimum Gasteiger partial charge on any atom is -0.492 e. The largest absolute Gasteiger partial charge is 0.492 e. The summed E-state index contributed by atoms with van der Waals surface area (Å²) in [4.78, 5) is 2.53. The van der Waals surface area contributed by atoms with Crippen molar-refractivity contribution in [3.05, 3.63) is 29.8 Å². The van der Waals surface area contributed by atoms with E-state index in [4.69, 9.17) is 4.74 Å². The Kier molecular flexibility index (Phi) is 6.52. The Bertz CT molecular complexity index is 421. The van der Waals surface area contributed by atoms with Crippen LogP contribution in [-0.4, -0.2) is 37.7 Å². The first kappa shape index (κ1) is 16.3. The monoisotopic (exact) mass is 290 g/mol. The Morgan fingerprint density at radius 1 is 1.29 bits per heavy atom. The molecular weight excluding hydrogens is 260 g/mol. The highest BCUT2D eigenvalue weighted by Crippen LogP contribution is 2.22. The van der Waals surface area contributed by atoms with Crippen molar-refractivity contribution in [3.63, 3.8) is 0 Å². The Morgan fingerprint density at radius 2 is 2.14 bits per heavy atom. The van der Waals surface area contributed by atoms with E-state index in [9.17, 15) is 0 Å². The number of nitrogens with zero attached hydrogens (tertiary/aromatic N) is 1. The molecule has 118 valence electrons. The third-order valence-electron chi connectivity index (χ3n) is 4.57. The lowest BCUT2D eigenvalue weighted by Crippen LogP contribution is -2.40. The van der Waals surface area contributed by atoms with Crippen LogP contribution < -0.4 is 10.1 Å². The zero-order chi connectivity index (χ0) is 15.1. The molecule has 3 nitrogen and oxygen atoms in total. The number of nitrogens with one attached hydrogen (secondary N) is 1. The van der Waals surface area contributed by atoms with Gasteiger partial charge in [0.2, 0.25) is 0 Å². The smallest absolute Gasteiger partial charge is 0.119 e. The number of benzene rings is 1. The van der Waals surface area contributed by atoms with Crippen molar-refractivity contribution in [1.29, 1.82) is 0 Å². The van der Waals surface area contributed by atoms with Gasteiger partial charge in [-0.2, -0.15) is 0 Å². The number of rotatable bonds is 7. The fourth-order valence-electron chi connectivity index (χ4n) is 2.86. The van der Waals surface area contributed by atoms with E-state index in [0.29, 0.717) is 0 Å². The summed E-state index contributed by atoms with van der Waals surface area (Å²) in [7, 11) is 0. The van der Waals surface area contributed by atoms with E-state index in [2.05, 4.69) is 55.3 Å². The molecule has 0 spiro atoms. The number of likely N-dealkylation sites (tertiary alicyclic amines) is 1. The van der Waals surface area contributed by atoms with Crippen LogP contribution in [0.15, 0.2) is 24.3 Å². The molecule has 3 heteroatoms. The first-order valence-electron chi connectivity index (χ1n) is 8.34. The molecule has 2 atom stereocenters. The van der Waals surface area contributed by atoms with Gasteiger partial charge in [-0.25, -0.2) is 0 Å². The van der Waals surface area contributed by atoms with Gasteiger partial charge in [0.1, 0.15) is 12.4 Å². The molecule has 2 rings (SSSR count). The second-order valence-electron chi connectivity index (χ2n) is 6.32. The van der Waals surface area contributed by atoms with E-state index in [1.54, 1.807) is 0 Å². The summed E-state index contributed by atoms with van der Waals surface area (Å²) < 4.78 is 5.92. The molecule has 0 radical (unpaired) electrons. The van der Waals surface area contributed by atoms with E-state index < -0.39 is 0 Å². The van der Waals surface area contributed by atoms with Crippen molar-refractivity contribution >= 4 is 0 Å². The van der Waals surface area contributed by atoms with E-state index in [1.807, 2.05) is 0 Å². The molecule has 0 aromatic heterocycles. The van der Waals surface area contributed by atoms with Crippen molar-refractivity contribution in [2.75, 3.05) is 32.8 Å². The Balaban J connectivity index is 1.73. The summed E-state index contributed by atoms with van der Waals surface area (Å²) in [5, 5.41) is 3.34. The highest BCUT2D eigenvalue weighted by Gasteiger charge is 2.22. The Morgan fingerprint density at radius 3 is 2.90 bits per heavy atom. The molecule has 1 N–H and O–H groups in total. The third-order valence-corrected chi connectivity index (χ3v) is 4.57. The molecule has 1 aromatic rings. The number of ether oxygens (including phenoxy) is 1. The molecule has 1 aliphatic heterocycles. The van der Waals surface area contributed by atoms with Crippen LogP contribution in [0.5, 0.6) is 5.75 Å². The van der Waals surface area contributed by atoms with Gasteiger partial charge in [0.05, 0.1) is 0 Å². The lowest BCUT2D eigenvalue weighted by Gasteiger charge is -2.35. The minimum absolute atomic E-state index is 0.783. The zero-order valence-electron chi connectivity index (χ0n) is 13.8. The maximum Gasteiger partial charge on any atom is 0.119 e. The first-order valence-corrected chi connectivity index (χ1v) is 8.34. The van der Waals surface area contributed by atoms with Crippen molar-refractivity contribution in [2.24, 2.45) is 11.8 Å². The quantitative estimate of drug-likeness (QED) is 0.835. The van der Waals surface area contributed by atoms with E-state index in [-0.39, 0.29) is 0 Å². The van der Waals surface area contributed by atoms with E-state index in [0.717, 1.165) is 43.8 Å². The highest BCUT2D eigenvalue weighted by atomic mass is 16.5. The Labute approximate surface area is 129 Å². The highest BCUT2D eigenvalue weighted by molar-refractivity contribution is 5.28. The normalized spacial score (nSPS) is 23.2. The summed E-state index contributed by atoms with van der Waals surface area (Å²) in [6.07, 6.45) is 1.32. The van der Waals surface area contributed by atoms with Gasteiger partial charge < -0.3 is 10.1 Å². The standard InChI is InChI=1S/C18H30N2O/c1-4-19-13-17-6-5-7-18(12-17)21-11-10-20-9-8-15(2)16(3)14-20/h5-7,12,15-16,19H,4,8-11,13-14H2,1-3H3. The average molecular weight is 290 g/mol. The fourth-order valence-corrected chi connectivity index (χ4v) is 2.86. The van der Waals surface area contributed by atoms with Gasteiger partial charge in [-0.15, -0.1) is 0 Å². The number of hydrogen-bond acceptors (Lipinski definition) is 3. The number of piperidine rings is 1. The van der Waals surface area contributed by atoms with Crippen molar-refractivity contribution in [2.45, 2.75) is 33.7 Å². The molecule has 1 fully saturated rings. The molecule has 21 heavy (non-hydrogen) atoms. The summed E-state index contributed by atoms with van der Waals surface area (Å²) in [5.74, 6) is 2.66. The summed E-state index contributed by atoms with van der Waals surface area (Å²) in [6.45, 7) is 13.0. The van der Waals surface area contributed by atoms with Crippen LogP contribution in [0, 0.1) is 11.8 Å². The maximum absolute atomic E-state index is 5.92. The van der Waals surface area contributed by atoms with E-state index in [1.165, 1.54) is 25.1 Å². The molecule has 0 aliphatic carbocycles. The van der Waals surface area contributed by atoms with Gasteiger partial charge in [0, 0.05) is 19.6 Å². The number of hydrogen-bond donors (Lipinski definition) is 1. The lowest BCUT2D eigenvalue weighted by molar-refractivity contribution is 0.119. The van der Waals surface area contributed by atoms with Crippen LogP contribution in [0.25, 0.3) is 0 Å². The average Bonchev–Trinajstić information content (AvgIpc) is 2.49. The topological polar surface area (TPSA) is 24.5 Å². The predicted octanol–water partition coefficient (Wildman–Crippen LogP) is 3.15. The minimum atomic E-state index is 0.783. The molecule has 0 amide bonds. The molecule has 1 saturated heterocycles. The van der Waals surface area contributed by atoms with Gasteiger partial charge >= 0.3 is 0 Å².